The molecule has 1 N–H and O–H groups in total. The number of hydrogen-bond acceptors (Lipinski definition) is 5. The first-order chi connectivity index (χ1) is 11.9. The largest absolute Gasteiger partial charge is 0.493 e. The van der Waals surface area contributed by atoms with E-state index in [9.17, 15) is 0 Å². The second-order valence-corrected chi connectivity index (χ2v) is 6.48. The number of nitrogens with one attached hydrogen (secondary N) is 1. The first-order valence-electron chi connectivity index (χ1n) is 8.23. The number of fused-ring (bicyclic) bond motifs is 1. The van der Waals surface area contributed by atoms with Gasteiger partial charge in [0.05, 0.1) is 23.0 Å². The van der Waals surface area contributed by atoms with E-state index in [0.717, 1.165) is 39.7 Å². The third kappa shape index (κ3) is 4.32. The average molecular weight is 339 g/mol. The van der Waals surface area contributed by atoms with E-state index >= 15 is 0 Å². The number of aromatic nitrogens is 1. The monoisotopic (exact) mass is 339 g/mol. The zero-order valence-electron chi connectivity index (χ0n) is 13.7. The van der Waals surface area contributed by atoms with E-state index in [2.05, 4.69) is 28.5 Å². The first-order valence-corrected chi connectivity index (χ1v) is 9.05. The predicted octanol–water partition coefficient (Wildman–Crippen LogP) is 5.31. The van der Waals surface area contributed by atoms with Crippen molar-refractivity contribution in [1.82, 2.24) is 4.98 Å². The minimum absolute atomic E-state index is 0.740. The normalized spacial score (nSPS) is 11.2. The lowest BCUT2D eigenvalue weighted by Crippen LogP contribution is -2.00. The summed E-state index contributed by atoms with van der Waals surface area (Å²) in [7, 11) is 0. The van der Waals surface area contributed by atoms with Crippen molar-refractivity contribution >= 4 is 32.9 Å². The van der Waals surface area contributed by atoms with Gasteiger partial charge < -0.3 is 4.74 Å². The van der Waals surface area contributed by atoms with Gasteiger partial charge in [0.15, 0.2) is 0 Å². The Bertz CT molecular complexity index is 780. The molecule has 4 nitrogen and oxygen atoms in total. The SMILES string of the molecule is CCCCCOc1ccccc1/C=N\Nc1nc2ccccc2s1. The number of thiazole rings is 1. The summed E-state index contributed by atoms with van der Waals surface area (Å²) in [5, 5.41) is 5.09. The van der Waals surface area contributed by atoms with Crippen LogP contribution in [0.4, 0.5) is 5.13 Å². The summed E-state index contributed by atoms with van der Waals surface area (Å²) in [6, 6.07) is 16.0. The highest BCUT2D eigenvalue weighted by atomic mass is 32.1. The molecule has 124 valence electrons. The zero-order chi connectivity index (χ0) is 16.6. The second-order valence-electron chi connectivity index (χ2n) is 5.45. The number of rotatable bonds is 8. The molecule has 1 heterocycles. The van der Waals surface area contributed by atoms with Crippen molar-refractivity contribution in [2.45, 2.75) is 26.2 Å². The molecule has 2 aromatic carbocycles. The third-order valence-corrected chi connectivity index (χ3v) is 4.52. The molecular formula is C19H21N3OS. The van der Waals surface area contributed by atoms with Gasteiger partial charge >= 0.3 is 0 Å². The van der Waals surface area contributed by atoms with Gasteiger partial charge in [-0.2, -0.15) is 5.10 Å². The summed E-state index contributed by atoms with van der Waals surface area (Å²) in [6.45, 7) is 2.93. The van der Waals surface area contributed by atoms with Gasteiger partial charge in [-0.1, -0.05) is 55.4 Å². The van der Waals surface area contributed by atoms with Crippen LogP contribution in [-0.2, 0) is 0 Å². The standard InChI is InChI=1S/C19H21N3OS/c1-2-3-8-13-23-17-11-6-4-9-15(17)14-20-22-19-21-16-10-5-7-12-18(16)24-19/h4-7,9-12,14H,2-3,8,13H2,1H3,(H,21,22)/b20-14-. The Morgan fingerprint density at radius 1 is 1.12 bits per heavy atom. The minimum atomic E-state index is 0.740. The zero-order valence-corrected chi connectivity index (χ0v) is 14.6. The van der Waals surface area contributed by atoms with Crippen LogP contribution >= 0.6 is 11.3 Å². The Kier molecular flexibility index (Phi) is 5.80. The van der Waals surface area contributed by atoms with Gasteiger partial charge in [-0.05, 0) is 30.7 Å². The molecule has 1 aromatic heterocycles. The number of nitrogens with zero attached hydrogens (tertiary/aromatic N) is 2. The molecule has 0 atom stereocenters. The molecule has 0 aliphatic rings. The van der Waals surface area contributed by atoms with Crippen molar-refractivity contribution < 1.29 is 4.74 Å². The number of anilines is 1. The van der Waals surface area contributed by atoms with Crippen molar-refractivity contribution in [3.8, 4) is 5.75 Å². The van der Waals surface area contributed by atoms with Crippen LogP contribution in [0.3, 0.4) is 0 Å². The summed E-state index contributed by atoms with van der Waals surface area (Å²) in [5.41, 5.74) is 4.95. The topological polar surface area (TPSA) is 46.5 Å². The molecule has 0 radical (unpaired) electrons. The fourth-order valence-electron chi connectivity index (χ4n) is 2.33. The summed E-state index contributed by atoms with van der Waals surface area (Å²) in [4.78, 5) is 4.50. The quantitative estimate of drug-likeness (QED) is 0.343. The average Bonchev–Trinajstić information content (AvgIpc) is 3.02. The van der Waals surface area contributed by atoms with Crippen LogP contribution in [0.5, 0.6) is 5.75 Å². The highest BCUT2D eigenvalue weighted by Gasteiger charge is 2.02. The fourth-order valence-corrected chi connectivity index (χ4v) is 3.15. The van der Waals surface area contributed by atoms with Gasteiger partial charge in [-0.15, -0.1) is 0 Å². The molecule has 5 heteroatoms. The Balaban J connectivity index is 1.63. The van der Waals surface area contributed by atoms with Gasteiger partial charge in [0.1, 0.15) is 5.75 Å². The molecule has 0 bridgehead atoms. The predicted molar refractivity (Wildman–Crippen MR) is 102 cm³/mol. The minimum Gasteiger partial charge on any atom is -0.493 e. The van der Waals surface area contributed by atoms with E-state index in [1.165, 1.54) is 12.8 Å². The number of hydrogen-bond donors (Lipinski definition) is 1. The van der Waals surface area contributed by atoms with Crippen LogP contribution in [0.15, 0.2) is 53.6 Å². The fraction of sp³-hybridized carbons (Fsp3) is 0.263. The van der Waals surface area contributed by atoms with Crippen molar-refractivity contribution in [2.24, 2.45) is 5.10 Å². The lowest BCUT2D eigenvalue weighted by Gasteiger charge is -2.08. The van der Waals surface area contributed by atoms with Gasteiger partial charge in [0.2, 0.25) is 5.13 Å². The van der Waals surface area contributed by atoms with Crippen LogP contribution in [-0.4, -0.2) is 17.8 Å². The molecule has 0 unspecified atom stereocenters. The van der Waals surface area contributed by atoms with Crippen molar-refractivity contribution in [2.75, 3.05) is 12.0 Å². The van der Waals surface area contributed by atoms with Gasteiger partial charge in [0, 0.05) is 5.56 Å². The van der Waals surface area contributed by atoms with E-state index in [1.54, 1.807) is 17.6 Å². The van der Waals surface area contributed by atoms with Gasteiger partial charge in [0.25, 0.3) is 0 Å². The summed E-state index contributed by atoms with van der Waals surface area (Å²) < 4.78 is 7.01. The van der Waals surface area contributed by atoms with Crippen molar-refractivity contribution in [3.63, 3.8) is 0 Å². The molecule has 24 heavy (non-hydrogen) atoms. The maximum absolute atomic E-state index is 5.86. The molecule has 0 fully saturated rings. The lowest BCUT2D eigenvalue weighted by molar-refractivity contribution is 0.306. The van der Waals surface area contributed by atoms with Crippen molar-refractivity contribution in [3.05, 3.63) is 54.1 Å². The highest BCUT2D eigenvalue weighted by molar-refractivity contribution is 7.22. The number of para-hydroxylation sites is 2. The second kappa shape index (κ2) is 8.45. The summed E-state index contributed by atoms with van der Waals surface area (Å²) >= 11 is 1.59. The smallest absolute Gasteiger partial charge is 0.204 e. The molecule has 3 rings (SSSR count). The maximum atomic E-state index is 5.86. The molecular weight excluding hydrogens is 318 g/mol. The maximum Gasteiger partial charge on any atom is 0.204 e. The first kappa shape index (κ1) is 16.5. The summed E-state index contributed by atoms with van der Waals surface area (Å²) in [5.74, 6) is 0.864. The molecule has 0 aliphatic heterocycles. The van der Waals surface area contributed by atoms with Gasteiger partial charge in [-0.3, -0.25) is 5.43 Å². The van der Waals surface area contributed by atoms with E-state index in [4.69, 9.17) is 4.74 Å². The Labute approximate surface area is 146 Å². The third-order valence-electron chi connectivity index (χ3n) is 3.58. The number of hydrazone groups is 1. The Hall–Kier alpha value is -2.40. The van der Waals surface area contributed by atoms with Gasteiger partial charge in [-0.25, -0.2) is 4.98 Å². The van der Waals surface area contributed by atoms with Crippen LogP contribution in [0.25, 0.3) is 10.2 Å². The van der Waals surface area contributed by atoms with Crippen LogP contribution in [0, 0.1) is 0 Å². The Morgan fingerprint density at radius 2 is 1.96 bits per heavy atom. The molecule has 3 aromatic rings. The van der Waals surface area contributed by atoms with Crippen LogP contribution < -0.4 is 10.2 Å². The highest BCUT2D eigenvalue weighted by Crippen LogP contribution is 2.25. The molecule has 0 saturated carbocycles. The number of ether oxygens (including phenoxy) is 1. The molecule has 0 amide bonds. The Morgan fingerprint density at radius 3 is 2.83 bits per heavy atom. The van der Waals surface area contributed by atoms with E-state index < -0.39 is 0 Å². The van der Waals surface area contributed by atoms with E-state index in [1.807, 2.05) is 42.5 Å². The van der Waals surface area contributed by atoms with E-state index in [0.29, 0.717) is 0 Å². The van der Waals surface area contributed by atoms with Crippen LogP contribution in [0.1, 0.15) is 31.7 Å². The van der Waals surface area contributed by atoms with Crippen LogP contribution in [0.2, 0.25) is 0 Å². The van der Waals surface area contributed by atoms with E-state index in [-0.39, 0.29) is 0 Å². The molecule has 0 aliphatic carbocycles. The molecule has 0 spiro atoms. The number of unbranched alkanes of at least 4 members (excludes halogenated alkanes) is 2. The lowest BCUT2D eigenvalue weighted by atomic mass is 10.2. The van der Waals surface area contributed by atoms with Crippen molar-refractivity contribution in [1.29, 1.82) is 0 Å². The summed E-state index contributed by atoms with van der Waals surface area (Å²) in [6.07, 6.45) is 5.24. The molecule has 0 saturated heterocycles. The number of benzene rings is 2.